The predicted octanol–water partition coefficient (Wildman–Crippen LogP) is 5.51. The van der Waals surface area contributed by atoms with Crippen LogP contribution in [0.1, 0.15) is 38.5 Å². The maximum atomic E-state index is 11.5. The number of nitrogens with zero attached hydrogens (tertiary/aromatic N) is 3. The highest BCUT2D eigenvalue weighted by Crippen LogP contribution is 2.33. The molecule has 0 spiro atoms. The largest absolute Gasteiger partial charge is 0.378 e. The lowest BCUT2D eigenvalue weighted by atomic mass is 9.83. The average Bonchev–Trinajstić information content (AvgIpc) is 2.83. The molecule has 0 radical (unpaired) electrons. The Morgan fingerprint density at radius 1 is 1.06 bits per heavy atom. The molecule has 33 heavy (non-hydrogen) atoms. The molecule has 0 atom stereocenters. The van der Waals surface area contributed by atoms with E-state index in [0.29, 0.717) is 29.4 Å². The van der Waals surface area contributed by atoms with Crippen LogP contribution in [0, 0.1) is 5.92 Å². The van der Waals surface area contributed by atoms with Crippen LogP contribution in [0.3, 0.4) is 0 Å². The fourth-order valence-electron chi connectivity index (χ4n) is 4.53. The Hall–Kier alpha value is -2.86. The van der Waals surface area contributed by atoms with Crippen molar-refractivity contribution in [2.45, 2.75) is 44.6 Å². The molecule has 4 rings (SSSR count). The molecule has 0 aliphatic heterocycles. The van der Waals surface area contributed by atoms with Crippen molar-refractivity contribution in [1.29, 1.82) is 0 Å². The molecule has 1 aliphatic carbocycles. The smallest absolute Gasteiger partial charge is 0.224 e. The first-order chi connectivity index (χ1) is 15.9. The van der Waals surface area contributed by atoms with Gasteiger partial charge in [-0.2, -0.15) is 0 Å². The second kappa shape index (κ2) is 10.4. The van der Waals surface area contributed by atoms with E-state index in [2.05, 4.69) is 33.7 Å². The number of aromatic nitrogens is 2. The summed E-state index contributed by atoms with van der Waals surface area (Å²) in [6, 6.07) is 14.4. The van der Waals surface area contributed by atoms with Gasteiger partial charge in [0, 0.05) is 55.3 Å². The van der Waals surface area contributed by atoms with Gasteiger partial charge in [-0.05, 0) is 68.4 Å². The van der Waals surface area contributed by atoms with Crippen LogP contribution in [-0.2, 0) is 4.79 Å². The summed E-state index contributed by atoms with van der Waals surface area (Å²) in [4.78, 5) is 23.4. The number of rotatable bonds is 7. The molecule has 0 bridgehead atoms. The quantitative estimate of drug-likeness (QED) is 0.481. The lowest BCUT2D eigenvalue weighted by Crippen LogP contribution is -2.28. The van der Waals surface area contributed by atoms with Crippen molar-refractivity contribution in [3.05, 3.63) is 47.5 Å². The van der Waals surface area contributed by atoms with E-state index in [1.807, 2.05) is 38.4 Å². The fourth-order valence-corrected chi connectivity index (χ4v) is 4.65. The number of carbonyl (C=O) groups excluding carboxylic acids is 1. The second-order valence-electron chi connectivity index (χ2n) is 9.07. The number of benzene rings is 2. The van der Waals surface area contributed by atoms with Crippen molar-refractivity contribution in [2.75, 3.05) is 31.4 Å². The molecular weight excluding hydrogens is 434 g/mol. The van der Waals surface area contributed by atoms with Crippen LogP contribution in [0.4, 0.5) is 11.6 Å². The first-order valence-electron chi connectivity index (χ1n) is 11.6. The minimum atomic E-state index is 0.131. The van der Waals surface area contributed by atoms with Gasteiger partial charge >= 0.3 is 0 Å². The van der Waals surface area contributed by atoms with E-state index in [1.54, 1.807) is 7.05 Å². The molecule has 1 amide bonds. The molecule has 7 heteroatoms. The number of anilines is 2. The highest BCUT2D eigenvalue weighted by molar-refractivity contribution is 6.30. The van der Waals surface area contributed by atoms with Crippen LogP contribution in [0.2, 0.25) is 5.02 Å². The summed E-state index contributed by atoms with van der Waals surface area (Å²) in [7, 11) is 5.77. The highest BCUT2D eigenvalue weighted by atomic mass is 35.5. The molecule has 0 saturated heterocycles. The molecule has 1 saturated carbocycles. The number of hydrogen-bond acceptors (Lipinski definition) is 5. The molecular formula is C26H32ClN5O. The van der Waals surface area contributed by atoms with Crippen LogP contribution < -0.4 is 15.5 Å². The maximum Gasteiger partial charge on any atom is 0.224 e. The molecule has 1 aromatic heterocycles. The number of fused-ring (bicyclic) bond motifs is 1. The van der Waals surface area contributed by atoms with Gasteiger partial charge in [-0.25, -0.2) is 9.97 Å². The lowest BCUT2D eigenvalue weighted by molar-refractivity contribution is -0.120. The standard InChI is InChI=1S/C26H32ClN5O/c1-28-24(33)15-6-17-4-11-20(12-5-17)29-26-30-23-14-13-21(32(2)3)16-22(23)25(31-26)18-7-9-19(27)10-8-18/h7-10,13-14,16-17,20H,4-6,11-12,15H2,1-3H3,(H,28,33)(H,29,30,31). The monoisotopic (exact) mass is 465 g/mol. The zero-order valence-electron chi connectivity index (χ0n) is 19.6. The van der Waals surface area contributed by atoms with Gasteiger partial charge < -0.3 is 15.5 Å². The molecule has 174 valence electrons. The minimum Gasteiger partial charge on any atom is -0.378 e. The molecule has 0 unspecified atom stereocenters. The van der Waals surface area contributed by atoms with Crippen LogP contribution >= 0.6 is 11.6 Å². The number of halogens is 1. The van der Waals surface area contributed by atoms with E-state index in [1.165, 1.54) is 0 Å². The van der Waals surface area contributed by atoms with Gasteiger partial charge in [0.2, 0.25) is 11.9 Å². The van der Waals surface area contributed by atoms with E-state index in [4.69, 9.17) is 21.6 Å². The lowest BCUT2D eigenvalue weighted by Gasteiger charge is -2.29. The summed E-state index contributed by atoms with van der Waals surface area (Å²) in [6.07, 6.45) is 5.96. The fraction of sp³-hybridized carbons (Fsp3) is 0.423. The first-order valence-corrected chi connectivity index (χ1v) is 12.0. The van der Waals surface area contributed by atoms with E-state index < -0.39 is 0 Å². The van der Waals surface area contributed by atoms with Crippen molar-refractivity contribution in [2.24, 2.45) is 5.92 Å². The van der Waals surface area contributed by atoms with Crippen molar-refractivity contribution >= 4 is 40.0 Å². The van der Waals surface area contributed by atoms with E-state index in [9.17, 15) is 4.79 Å². The minimum absolute atomic E-state index is 0.131. The molecule has 2 aromatic carbocycles. The topological polar surface area (TPSA) is 70.2 Å². The van der Waals surface area contributed by atoms with Gasteiger partial charge in [0.25, 0.3) is 0 Å². The van der Waals surface area contributed by atoms with Crippen LogP contribution in [0.15, 0.2) is 42.5 Å². The Labute approximate surface area is 200 Å². The van der Waals surface area contributed by atoms with E-state index in [0.717, 1.165) is 60.0 Å². The van der Waals surface area contributed by atoms with Crippen LogP contribution in [0.5, 0.6) is 0 Å². The summed E-state index contributed by atoms with van der Waals surface area (Å²) >= 11 is 6.13. The third-order valence-electron chi connectivity index (χ3n) is 6.55. The molecule has 1 fully saturated rings. The highest BCUT2D eigenvalue weighted by Gasteiger charge is 2.23. The van der Waals surface area contributed by atoms with Gasteiger partial charge in [-0.3, -0.25) is 4.79 Å². The Morgan fingerprint density at radius 3 is 2.45 bits per heavy atom. The zero-order chi connectivity index (χ0) is 23.4. The van der Waals surface area contributed by atoms with Gasteiger partial charge in [0.05, 0.1) is 11.2 Å². The summed E-state index contributed by atoms with van der Waals surface area (Å²) in [5.41, 5.74) is 3.95. The van der Waals surface area contributed by atoms with Crippen molar-refractivity contribution in [3.63, 3.8) is 0 Å². The Morgan fingerprint density at radius 2 is 1.79 bits per heavy atom. The third kappa shape index (κ3) is 5.74. The molecule has 1 heterocycles. The van der Waals surface area contributed by atoms with Gasteiger partial charge in [0.15, 0.2) is 0 Å². The van der Waals surface area contributed by atoms with Crippen molar-refractivity contribution in [3.8, 4) is 11.3 Å². The SMILES string of the molecule is CNC(=O)CCC1CCC(Nc2nc(-c3ccc(Cl)cc3)c3cc(N(C)C)ccc3n2)CC1. The first kappa shape index (κ1) is 23.3. The summed E-state index contributed by atoms with van der Waals surface area (Å²) in [6.45, 7) is 0. The average molecular weight is 466 g/mol. The summed E-state index contributed by atoms with van der Waals surface area (Å²) < 4.78 is 0. The maximum absolute atomic E-state index is 11.5. The Kier molecular flexibility index (Phi) is 7.33. The molecule has 3 aromatic rings. The van der Waals surface area contributed by atoms with Crippen molar-refractivity contribution in [1.82, 2.24) is 15.3 Å². The van der Waals surface area contributed by atoms with E-state index >= 15 is 0 Å². The van der Waals surface area contributed by atoms with Gasteiger partial charge in [-0.1, -0.05) is 23.7 Å². The van der Waals surface area contributed by atoms with Gasteiger partial charge in [0.1, 0.15) is 0 Å². The third-order valence-corrected chi connectivity index (χ3v) is 6.80. The predicted molar refractivity (Wildman–Crippen MR) is 137 cm³/mol. The Bertz CT molecular complexity index is 1110. The molecule has 2 N–H and O–H groups in total. The summed E-state index contributed by atoms with van der Waals surface area (Å²) in [5.74, 6) is 1.41. The number of amides is 1. The van der Waals surface area contributed by atoms with E-state index in [-0.39, 0.29) is 5.91 Å². The van der Waals surface area contributed by atoms with Crippen molar-refractivity contribution < 1.29 is 4.79 Å². The molecule has 6 nitrogen and oxygen atoms in total. The normalized spacial score (nSPS) is 18.2. The summed E-state index contributed by atoms with van der Waals surface area (Å²) in [5, 5.41) is 8.03. The number of carbonyl (C=O) groups is 1. The molecule has 1 aliphatic rings. The number of hydrogen-bond donors (Lipinski definition) is 2. The van der Waals surface area contributed by atoms with Crippen LogP contribution in [-0.4, -0.2) is 43.1 Å². The second-order valence-corrected chi connectivity index (χ2v) is 9.51. The number of nitrogens with one attached hydrogen (secondary N) is 2. The Balaban J connectivity index is 1.55. The van der Waals surface area contributed by atoms with Crippen LogP contribution in [0.25, 0.3) is 22.2 Å². The zero-order valence-corrected chi connectivity index (χ0v) is 20.3. The van der Waals surface area contributed by atoms with Gasteiger partial charge in [-0.15, -0.1) is 0 Å².